The second kappa shape index (κ2) is 8.02. The van der Waals surface area contributed by atoms with E-state index in [9.17, 15) is 13.2 Å². The zero-order valence-corrected chi connectivity index (χ0v) is 18.9. The number of esters is 1. The van der Waals surface area contributed by atoms with Crippen molar-refractivity contribution in [1.29, 1.82) is 0 Å². The number of thiophene rings is 1. The van der Waals surface area contributed by atoms with Crippen LogP contribution in [0.5, 0.6) is 0 Å². The van der Waals surface area contributed by atoms with Crippen LogP contribution in [0.1, 0.15) is 39.2 Å². The highest BCUT2D eigenvalue weighted by atomic mass is 32.2. The molecule has 0 bridgehead atoms. The van der Waals surface area contributed by atoms with Crippen LogP contribution in [0.4, 0.5) is 0 Å². The number of sulfonamides is 1. The molecule has 0 amide bonds. The fourth-order valence-electron chi connectivity index (χ4n) is 4.21. The third-order valence-electron chi connectivity index (χ3n) is 5.91. The van der Waals surface area contributed by atoms with E-state index < -0.39 is 16.0 Å². The Balaban J connectivity index is 1.46. The van der Waals surface area contributed by atoms with Gasteiger partial charge >= 0.3 is 5.97 Å². The van der Waals surface area contributed by atoms with Crippen molar-refractivity contribution >= 4 is 38.1 Å². The number of nitrogens with one attached hydrogen (secondary N) is 1. The molecule has 0 saturated heterocycles. The van der Waals surface area contributed by atoms with Gasteiger partial charge in [0.25, 0.3) is 10.0 Å². The fraction of sp³-hybridized carbons (Fsp3) is 0.348. The van der Waals surface area contributed by atoms with Crippen LogP contribution in [0.2, 0.25) is 0 Å². The Kier molecular flexibility index (Phi) is 5.34. The van der Waals surface area contributed by atoms with Crippen molar-refractivity contribution in [2.45, 2.75) is 42.6 Å². The number of hydrogen-bond acceptors (Lipinski definition) is 6. The summed E-state index contributed by atoms with van der Waals surface area (Å²) in [4.78, 5) is 15.8. The molecule has 31 heavy (non-hydrogen) atoms. The van der Waals surface area contributed by atoms with Gasteiger partial charge in [0, 0.05) is 30.6 Å². The first-order chi connectivity index (χ1) is 15.0. The van der Waals surface area contributed by atoms with Crippen molar-refractivity contribution < 1.29 is 17.9 Å². The van der Waals surface area contributed by atoms with Gasteiger partial charge in [-0.15, -0.1) is 11.3 Å². The quantitative estimate of drug-likeness (QED) is 0.573. The average molecular weight is 457 g/mol. The topological polar surface area (TPSA) is 75.7 Å². The van der Waals surface area contributed by atoms with Gasteiger partial charge in [0.05, 0.1) is 12.7 Å². The molecule has 2 heterocycles. The SMILES string of the molecule is COC(=O)c1c(S(=O)(=O)NC2CC2)sc2c1CCN(Cc1cccc3ccccc13)C2. The normalized spacial score (nSPS) is 16.9. The first-order valence-corrected chi connectivity index (χ1v) is 12.7. The predicted molar refractivity (Wildman–Crippen MR) is 121 cm³/mol. The Morgan fingerprint density at radius 2 is 1.97 bits per heavy atom. The van der Waals surface area contributed by atoms with Gasteiger partial charge in [0.15, 0.2) is 0 Å². The Hall–Kier alpha value is -2.26. The number of methoxy groups -OCH3 is 1. The number of benzene rings is 2. The van der Waals surface area contributed by atoms with Gasteiger partial charge in [0.1, 0.15) is 4.21 Å². The van der Waals surface area contributed by atoms with E-state index in [0.29, 0.717) is 13.0 Å². The summed E-state index contributed by atoms with van der Waals surface area (Å²) < 4.78 is 33.6. The monoisotopic (exact) mass is 456 g/mol. The highest BCUT2D eigenvalue weighted by Gasteiger charge is 2.36. The molecule has 6 nitrogen and oxygen atoms in total. The molecule has 3 aromatic rings. The van der Waals surface area contributed by atoms with Crippen molar-refractivity contribution in [2.75, 3.05) is 13.7 Å². The molecule has 1 fully saturated rings. The molecule has 1 aliphatic carbocycles. The second-order valence-electron chi connectivity index (χ2n) is 8.15. The average Bonchev–Trinajstić information content (AvgIpc) is 3.48. The first-order valence-electron chi connectivity index (χ1n) is 10.4. The fourth-order valence-corrected chi connectivity index (χ4v) is 7.46. The van der Waals surface area contributed by atoms with Gasteiger partial charge in [-0.1, -0.05) is 42.5 Å². The summed E-state index contributed by atoms with van der Waals surface area (Å²) in [5.74, 6) is -0.573. The molecule has 0 spiro atoms. The van der Waals surface area contributed by atoms with Gasteiger partial charge in [-0.05, 0) is 41.2 Å². The third-order valence-corrected chi connectivity index (χ3v) is 9.17. The van der Waals surface area contributed by atoms with Crippen LogP contribution >= 0.6 is 11.3 Å². The molecule has 5 rings (SSSR count). The lowest BCUT2D eigenvalue weighted by atomic mass is 10.0. The molecule has 1 aromatic heterocycles. The van der Waals surface area contributed by atoms with E-state index >= 15 is 0 Å². The Morgan fingerprint density at radius 1 is 1.19 bits per heavy atom. The Bertz CT molecular complexity index is 1260. The minimum absolute atomic E-state index is 0.0162. The van der Waals surface area contributed by atoms with Crippen molar-refractivity contribution in [3.8, 4) is 0 Å². The standard InChI is InChI=1S/C23H24N2O4S2/c1-29-22(26)21-19-11-12-25(13-16-7-4-6-15-5-2-3-8-18(15)16)14-20(19)30-23(21)31(27,28)24-17-9-10-17/h2-8,17,24H,9-14H2,1H3. The van der Waals surface area contributed by atoms with Crippen LogP contribution in [0, 0.1) is 0 Å². The van der Waals surface area contributed by atoms with E-state index in [2.05, 4.69) is 40.0 Å². The van der Waals surface area contributed by atoms with E-state index in [1.807, 2.05) is 12.1 Å². The lowest BCUT2D eigenvalue weighted by Gasteiger charge is -2.27. The predicted octanol–water partition coefficient (Wildman–Crippen LogP) is 3.69. The van der Waals surface area contributed by atoms with Crippen LogP contribution in [0.15, 0.2) is 46.7 Å². The maximum atomic E-state index is 12.9. The summed E-state index contributed by atoms with van der Waals surface area (Å²) in [7, 11) is -2.43. The third kappa shape index (κ3) is 4.01. The highest BCUT2D eigenvalue weighted by molar-refractivity contribution is 7.91. The highest BCUT2D eigenvalue weighted by Crippen LogP contribution is 2.38. The smallest absolute Gasteiger partial charge is 0.340 e. The molecule has 2 aliphatic rings. The molecule has 0 unspecified atom stereocenters. The van der Waals surface area contributed by atoms with Crippen molar-refractivity contribution in [3.63, 3.8) is 0 Å². The summed E-state index contributed by atoms with van der Waals surface area (Å²) in [5, 5.41) is 2.44. The molecular weight excluding hydrogens is 432 g/mol. The lowest BCUT2D eigenvalue weighted by Crippen LogP contribution is -2.30. The van der Waals surface area contributed by atoms with Crippen molar-refractivity contribution in [3.05, 3.63) is 64.0 Å². The van der Waals surface area contributed by atoms with Crippen LogP contribution in [-0.2, 0) is 34.3 Å². The largest absolute Gasteiger partial charge is 0.465 e. The van der Waals surface area contributed by atoms with Crippen LogP contribution in [0.25, 0.3) is 10.8 Å². The summed E-state index contributed by atoms with van der Waals surface area (Å²) in [5.41, 5.74) is 2.29. The van der Waals surface area contributed by atoms with E-state index in [-0.39, 0.29) is 15.8 Å². The van der Waals surface area contributed by atoms with E-state index in [4.69, 9.17) is 4.74 Å². The van der Waals surface area contributed by atoms with Crippen molar-refractivity contribution in [1.82, 2.24) is 9.62 Å². The molecule has 1 N–H and O–H groups in total. The summed E-state index contributed by atoms with van der Waals surface area (Å²) in [6.45, 7) is 2.15. The Labute approximate surface area is 185 Å². The number of fused-ring (bicyclic) bond motifs is 2. The number of rotatable bonds is 6. The number of carbonyl (C=O) groups excluding carboxylic acids is 1. The zero-order valence-electron chi connectivity index (χ0n) is 17.3. The summed E-state index contributed by atoms with van der Waals surface area (Å²) in [6.07, 6.45) is 2.31. The van der Waals surface area contributed by atoms with E-state index in [0.717, 1.165) is 36.4 Å². The van der Waals surface area contributed by atoms with Crippen molar-refractivity contribution in [2.24, 2.45) is 0 Å². The second-order valence-corrected chi connectivity index (χ2v) is 11.2. The summed E-state index contributed by atoms with van der Waals surface area (Å²) >= 11 is 1.21. The minimum Gasteiger partial charge on any atom is -0.465 e. The maximum Gasteiger partial charge on any atom is 0.340 e. The maximum absolute atomic E-state index is 12.9. The number of nitrogens with zero attached hydrogens (tertiary/aromatic N) is 1. The number of ether oxygens (including phenoxy) is 1. The van der Waals surface area contributed by atoms with Gasteiger partial charge in [-0.2, -0.15) is 0 Å². The molecule has 1 aliphatic heterocycles. The molecular formula is C23H24N2O4S2. The molecule has 2 aromatic carbocycles. The lowest BCUT2D eigenvalue weighted by molar-refractivity contribution is 0.0595. The van der Waals surface area contributed by atoms with E-state index in [1.54, 1.807) is 0 Å². The van der Waals surface area contributed by atoms with Gasteiger partial charge < -0.3 is 4.74 Å². The minimum atomic E-state index is -3.73. The van der Waals surface area contributed by atoms with Gasteiger partial charge in [0.2, 0.25) is 0 Å². The zero-order chi connectivity index (χ0) is 21.6. The molecule has 8 heteroatoms. The summed E-state index contributed by atoms with van der Waals surface area (Å²) in [6, 6.07) is 14.6. The first kappa shape index (κ1) is 20.6. The van der Waals surface area contributed by atoms with Crippen LogP contribution in [-0.4, -0.2) is 39.0 Å². The Morgan fingerprint density at radius 3 is 2.74 bits per heavy atom. The van der Waals surface area contributed by atoms with E-state index in [1.165, 1.54) is 34.8 Å². The molecule has 162 valence electrons. The number of carbonyl (C=O) groups is 1. The number of hydrogen-bond donors (Lipinski definition) is 1. The van der Waals surface area contributed by atoms with Crippen LogP contribution in [0.3, 0.4) is 0 Å². The van der Waals surface area contributed by atoms with Gasteiger partial charge in [-0.25, -0.2) is 17.9 Å². The van der Waals surface area contributed by atoms with Gasteiger partial charge in [-0.3, -0.25) is 4.90 Å². The molecule has 0 atom stereocenters. The molecule has 1 saturated carbocycles. The molecule has 0 radical (unpaired) electrons. The van der Waals surface area contributed by atoms with Crippen LogP contribution < -0.4 is 4.72 Å².